The molecule has 1 rings (SSSR count). The molecular formula is C11H18N2O3S2. The molecule has 0 spiro atoms. The van der Waals surface area contributed by atoms with Gasteiger partial charge >= 0.3 is 0 Å². The Kier molecular flexibility index (Phi) is 5.94. The summed E-state index contributed by atoms with van der Waals surface area (Å²) in [5, 5.41) is 0. The monoisotopic (exact) mass is 290 g/mol. The summed E-state index contributed by atoms with van der Waals surface area (Å²) >= 11 is 0. The molecule has 0 bridgehead atoms. The van der Waals surface area contributed by atoms with E-state index in [2.05, 4.69) is 4.72 Å². The summed E-state index contributed by atoms with van der Waals surface area (Å²) in [6, 6.07) is 6.52. The van der Waals surface area contributed by atoms with Crippen LogP contribution in [0.3, 0.4) is 0 Å². The van der Waals surface area contributed by atoms with Gasteiger partial charge in [-0.05, 0) is 24.1 Å². The minimum absolute atomic E-state index is 0.211. The first-order valence-electron chi connectivity index (χ1n) is 5.54. The summed E-state index contributed by atoms with van der Waals surface area (Å²) in [6.07, 6.45) is 2.15. The molecular weight excluding hydrogens is 272 g/mol. The second-order valence-electron chi connectivity index (χ2n) is 3.88. The van der Waals surface area contributed by atoms with Crippen molar-refractivity contribution in [1.29, 1.82) is 0 Å². The lowest BCUT2D eigenvalue weighted by Crippen LogP contribution is -2.25. The van der Waals surface area contributed by atoms with E-state index in [1.54, 1.807) is 24.5 Å². The van der Waals surface area contributed by atoms with Gasteiger partial charge in [0.2, 0.25) is 10.0 Å². The fraction of sp³-hybridized carbons (Fsp3) is 0.455. The highest BCUT2D eigenvalue weighted by Crippen LogP contribution is 2.10. The fourth-order valence-corrected chi connectivity index (χ4v) is 3.10. The molecule has 0 aliphatic heterocycles. The quantitative estimate of drug-likeness (QED) is 0.702. The number of hydrogen-bond donors (Lipinski definition) is 2. The van der Waals surface area contributed by atoms with Crippen LogP contribution in [-0.2, 0) is 27.4 Å². The van der Waals surface area contributed by atoms with E-state index < -0.39 is 20.8 Å². The summed E-state index contributed by atoms with van der Waals surface area (Å²) in [4.78, 5) is 0.211. The van der Waals surface area contributed by atoms with Gasteiger partial charge in [-0.15, -0.1) is 0 Å². The third kappa shape index (κ3) is 4.85. The highest BCUT2D eigenvalue weighted by atomic mass is 32.2. The van der Waals surface area contributed by atoms with E-state index in [1.807, 2.05) is 0 Å². The van der Waals surface area contributed by atoms with Crippen molar-refractivity contribution in [3.63, 3.8) is 0 Å². The molecule has 0 aliphatic carbocycles. The average Bonchev–Trinajstić information content (AvgIpc) is 2.34. The molecule has 1 aromatic rings. The molecule has 5 nitrogen and oxygen atoms in total. The zero-order chi connectivity index (χ0) is 13.6. The van der Waals surface area contributed by atoms with Crippen LogP contribution >= 0.6 is 0 Å². The van der Waals surface area contributed by atoms with Crippen molar-refractivity contribution in [2.75, 3.05) is 18.6 Å². The van der Waals surface area contributed by atoms with E-state index in [-0.39, 0.29) is 11.4 Å². The summed E-state index contributed by atoms with van der Waals surface area (Å²) in [5.74, 6) is 0.491. The standard InChI is InChI=1S/C11H18N2O3S2/c1-17(14)7-3-6-13-18(15,16)11-5-2-4-10(8-11)9-12/h2,4-5,8,13H,3,6-7,9,12H2,1H3. The van der Waals surface area contributed by atoms with E-state index in [0.29, 0.717) is 18.7 Å². The zero-order valence-corrected chi connectivity index (χ0v) is 11.9. The number of nitrogens with one attached hydrogen (secondary N) is 1. The largest absolute Gasteiger partial charge is 0.326 e. The van der Waals surface area contributed by atoms with Crippen molar-refractivity contribution in [2.24, 2.45) is 5.73 Å². The van der Waals surface area contributed by atoms with Crippen LogP contribution in [0.5, 0.6) is 0 Å². The SMILES string of the molecule is CS(=O)CCCNS(=O)(=O)c1cccc(CN)c1. The molecule has 0 saturated carbocycles. The second-order valence-corrected chi connectivity index (χ2v) is 7.20. The summed E-state index contributed by atoms with van der Waals surface area (Å²) in [6.45, 7) is 0.590. The first-order chi connectivity index (χ1) is 8.45. The Labute approximate surface area is 110 Å². The van der Waals surface area contributed by atoms with Crippen LogP contribution in [0.2, 0.25) is 0 Å². The fourth-order valence-electron chi connectivity index (χ4n) is 1.40. The topological polar surface area (TPSA) is 89.3 Å². The van der Waals surface area contributed by atoms with Gasteiger partial charge in [0, 0.05) is 35.9 Å². The van der Waals surface area contributed by atoms with Gasteiger partial charge in [-0.25, -0.2) is 13.1 Å². The number of benzene rings is 1. The summed E-state index contributed by atoms with van der Waals surface area (Å²) < 4.78 is 37.2. The maximum absolute atomic E-state index is 11.9. The van der Waals surface area contributed by atoms with Crippen LogP contribution in [-0.4, -0.2) is 31.2 Å². The van der Waals surface area contributed by atoms with Crippen molar-refractivity contribution in [3.8, 4) is 0 Å². The van der Waals surface area contributed by atoms with E-state index in [0.717, 1.165) is 5.56 Å². The van der Waals surface area contributed by atoms with Crippen LogP contribution in [0.15, 0.2) is 29.2 Å². The predicted octanol–water partition coefficient (Wildman–Crippen LogP) is 0.192. The normalized spacial score (nSPS) is 13.4. The van der Waals surface area contributed by atoms with Gasteiger partial charge in [0.05, 0.1) is 4.90 Å². The van der Waals surface area contributed by atoms with Crippen LogP contribution in [0.4, 0.5) is 0 Å². The molecule has 102 valence electrons. The van der Waals surface area contributed by atoms with Crippen molar-refractivity contribution >= 4 is 20.8 Å². The Morgan fingerprint density at radius 1 is 1.39 bits per heavy atom. The molecule has 18 heavy (non-hydrogen) atoms. The van der Waals surface area contributed by atoms with Crippen molar-refractivity contribution in [3.05, 3.63) is 29.8 Å². The second kappa shape index (κ2) is 6.98. The van der Waals surface area contributed by atoms with Crippen molar-refractivity contribution in [2.45, 2.75) is 17.9 Å². The molecule has 3 N–H and O–H groups in total. The maximum Gasteiger partial charge on any atom is 0.240 e. The minimum Gasteiger partial charge on any atom is -0.326 e. The van der Waals surface area contributed by atoms with Gasteiger partial charge in [-0.3, -0.25) is 4.21 Å². The lowest BCUT2D eigenvalue weighted by molar-refractivity contribution is 0.580. The summed E-state index contributed by atoms with van der Waals surface area (Å²) in [7, 11) is -4.39. The molecule has 7 heteroatoms. The van der Waals surface area contributed by atoms with Crippen molar-refractivity contribution in [1.82, 2.24) is 4.72 Å². The third-order valence-electron chi connectivity index (χ3n) is 2.35. The smallest absolute Gasteiger partial charge is 0.240 e. The molecule has 1 aromatic carbocycles. The third-order valence-corrected chi connectivity index (χ3v) is 4.67. The van der Waals surface area contributed by atoms with E-state index in [9.17, 15) is 12.6 Å². The van der Waals surface area contributed by atoms with E-state index >= 15 is 0 Å². The molecule has 1 unspecified atom stereocenters. The lowest BCUT2D eigenvalue weighted by atomic mass is 10.2. The predicted molar refractivity (Wildman–Crippen MR) is 73.1 cm³/mol. The van der Waals surface area contributed by atoms with Crippen LogP contribution in [0.25, 0.3) is 0 Å². The molecule has 0 radical (unpaired) electrons. The van der Waals surface area contributed by atoms with Gasteiger partial charge in [0.1, 0.15) is 0 Å². The Hall–Kier alpha value is -0.760. The van der Waals surface area contributed by atoms with Gasteiger partial charge in [0.15, 0.2) is 0 Å². The maximum atomic E-state index is 11.9. The Balaban J connectivity index is 2.65. The van der Waals surface area contributed by atoms with Crippen LogP contribution < -0.4 is 10.5 Å². The molecule has 0 aliphatic rings. The van der Waals surface area contributed by atoms with E-state index in [4.69, 9.17) is 5.73 Å². The molecule has 0 saturated heterocycles. The highest BCUT2D eigenvalue weighted by molar-refractivity contribution is 7.89. The molecule has 0 heterocycles. The molecule has 0 fully saturated rings. The van der Waals surface area contributed by atoms with Crippen LogP contribution in [0, 0.1) is 0 Å². The minimum atomic E-state index is -3.50. The molecule has 0 amide bonds. The van der Waals surface area contributed by atoms with Gasteiger partial charge in [-0.1, -0.05) is 12.1 Å². The highest BCUT2D eigenvalue weighted by Gasteiger charge is 2.13. The number of hydrogen-bond acceptors (Lipinski definition) is 4. The summed E-state index contributed by atoms with van der Waals surface area (Å²) in [5.41, 5.74) is 6.24. The van der Waals surface area contributed by atoms with Gasteiger partial charge in [0.25, 0.3) is 0 Å². The first-order valence-corrected chi connectivity index (χ1v) is 8.75. The zero-order valence-electron chi connectivity index (χ0n) is 10.3. The first kappa shape index (κ1) is 15.3. The number of sulfonamides is 1. The number of nitrogens with two attached hydrogens (primary N) is 1. The van der Waals surface area contributed by atoms with Gasteiger partial charge < -0.3 is 5.73 Å². The number of rotatable bonds is 7. The van der Waals surface area contributed by atoms with Crippen LogP contribution in [0.1, 0.15) is 12.0 Å². The Bertz CT molecular complexity index is 515. The Morgan fingerprint density at radius 2 is 2.11 bits per heavy atom. The Morgan fingerprint density at radius 3 is 2.72 bits per heavy atom. The molecule has 0 aromatic heterocycles. The average molecular weight is 290 g/mol. The lowest BCUT2D eigenvalue weighted by Gasteiger charge is -2.07. The van der Waals surface area contributed by atoms with Gasteiger partial charge in [-0.2, -0.15) is 0 Å². The van der Waals surface area contributed by atoms with Crippen molar-refractivity contribution < 1.29 is 12.6 Å². The molecule has 1 atom stereocenters. The van der Waals surface area contributed by atoms with E-state index in [1.165, 1.54) is 6.07 Å².